The van der Waals surface area contributed by atoms with Crippen LogP contribution < -0.4 is 5.90 Å². The van der Waals surface area contributed by atoms with Crippen LogP contribution in [0.5, 0.6) is 0 Å². The van der Waals surface area contributed by atoms with Crippen LogP contribution in [0.15, 0.2) is 0 Å². The molecule has 2 nitrogen and oxygen atoms in total. The molecule has 3 atom stereocenters. The highest BCUT2D eigenvalue weighted by molar-refractivity contribution is 5.85. The summed E-state index contributed by atoms with van der Waals surface area (Å²) in [5.41, 5.74) is 0. The summed E-state index contributed by atoms with van der Waals surface area (Å²) in [4.78, 5) is 4.68. The van der Waals surface area contributed by atoms with Crippen LogP contribution >= 0.6 is 12.4 Å². The maximum atomic E-state index is 5.04. The Labute approximate surface area is 73.8 Å². The van der Waals surface area contributed by atoms with E-state index >= 15 is 0 Å². The first kappa shape index (κ1) is 9.30. The summed E-state index contributed by atoms with van der Waals surface area (Å²) in [7, 11) is 0. The van der Waals surface area contributed by atoms with Crippen molar-refractivity contribution < 1.29 is 4.84 Å². The van der Waals surface area contributed by atoms with Crippen LogP contribution in [0.25, 0.3) is 0 Å². The normalized spacial score (nSPS) is 40.6. The molecule has 0 aromatic heterocycles. The Morgan fingerprint density at radius 2 is 2.09 bits per heavy atom. The van der Waals surface area contributed by atoms with E-state index in [1.165, 1.54) is 25.7 Å². The predicted molar refractivity (Wildman–Crippen MR) is 46.3 cm³/mol. The first-order chi connectivity index (χ1) is 4.90. The fourth-order valence-electron chi connectivity index (χ4n) is 2.70. The van der Waals surface area contributed by atoms with Gasteiger partial charge in [-0.3, -0.25) is 0 Å². The van der Waals surface area contributed by atoms with Crippen molar-refractivity contribution in [2.45, 2.75) is 25.7 Å². The van der Waals surface area contributed by atoms with Gasteiger partial charge in [-0.2, -0.15) is 0 Å². The van der Waals surface area contributed by atoms with E-state index in [2.05, 4.69) is 4.84 Å². The van der Waals surface area contributed by atoms with Crippen LogP contribution in [-0.2, 0) is 4.84 Å². The molecule has 66 valence electrons. The standard InChI is InChI=1S/C8H15NO.ClH/c9-10-5-8-4-6-1-2-7(8)3-6;/h6-8H,1-5,9H2;1H. The van der Waals surface area contributed by atoms with Crippen LogP contribution in [0.2, 0.25) is 0 Å². The lowest BCUT2D eigenvalue weighted by Crippen LogP contribution is -2.18. The monoisotopic (exact) mass is 177 g/mol. The fraction of sp³-hybridized carbons (Fsp3) is 1.00. The summed E-state index contributed by atoms with van der Waals surface area (Å²) in [5, 5.41) is 0. The van der Waals surface area contributed by atoms with Gasteiger partial charge in [0.05, 0.1) is 6.61 Å². The van der Waals surface area contributed by atoms with Gasteiger partial charge in [0.1, 0.15) is 0 Å². The summed E-state index contributed by atoms with van der Waals surface area (Å²) in [5.74, 6) is 7.81. The van der Waals surface area contributed by atoms with Crippen molar-refractivity contribution in [2.24, 2.45) is 23.7 Å². The molecule has 0 aromatic carbocycles. The van der Waals surface area contributed by atoms with E-state index < -0.39 is 0 Å². The molecule has 2 bridgehead atoms. The molecule has 0 radical (unpaired) electrons. The molecule has 2 saturated carbocycles. The van der Waals surface area contributed by atoms with Gasteiger partial charge >= 0.3 is 0 Å². The molecule has 3 unspecified atom stereocenters. The van der Waals surface area contributed by atoms with Gasteiger partial charge < -0.3 is 4.84 Å². The molecule has 2 aliphatic carbocycles. The number of nitrogens with two attached hydrogens (primary N) is 1. The summed E-state index contributed by atoms with van der Waals surface area (Å²) in [6.45, 7) is 0.793. The maximum absolute atomic E-state index is 5.04. The Balaban J connectivity index is 0.000000605. The molecule has 0 heterocycles. The second kappa shape index (κ2) is 3.74. The molecule has 2 N–H and O–H groups in total. The predicted octanol–water partition coefficient (Wildman–Crippen LogP) is 1.73. The third-order valence-electron chi connectivity index (χ3n) is 3.19. The van der Waals surface area contributed by atoms with Crippen molar-refractivity contribution in [3.05, 3.63) is 0 Å². The topological polar surface area (TPSA) is 35.2 Å². The first-order valence-electron chi connectivity index (χ1n) is 4.22. The number of hydrogen-bond acceptors (Lipinski definition) is 2. The van der Waals surface area contributed by atoms with Crippen LogP contribution in [-0.4, -0.2) is 6.61 Å². The Kier molecular flexibility index (Phi) is 3.16. The first-order valence-corrected chi connectivity index (χ1v) is 4.22. The van der Waals surface area contributed by atoms with E-state index in [1.54, 1.807) is 0 Å². The minimum absolute atomic E-state index is 0. The highest BCUT2D eigenvalue weighted by Gasteiger charge is 2.39. The summed E-state index contributed by atoms with van der Waals surface area (Å²) >= 11 is 0. The number of hydrogen-bond donors (Lipinski definition) is 1. The number of rotatable bonds is 2. The lowest BCUT2D eigenvalue weighted by atomic mass is 9.90. The third kappa shape index (κ3) is 1.68. The Morgan fingerprint density at radius 3 is 2.55 bits per heavy atom. The van der Waals surface area contributed by atoms with Gasteiger partial charge in [0.2, 0.25) is 0 Å². The van der Waals surface area contributed by atoms with E-state index in [1.807, 2.05) is 0 Å². The van der Waals surface area contributed by atoms with Gasteiger partial charge in [0.25, 0.3) is 0 Å². The van der Waals surface area contributed by atoms with Gasteiger partial charge in [0, 0.05) is 0 Å². The molecular formula is C8H16ClNO. The van der Waals surface area contributed by atoms with Crippen LogP contribution in [0.1, 0.15) is 25.7 Å². The molecular weight excluding hydrogens is 162 g/mol. The second-order valence-corrected chi connectivity index (χ2v) is 3.77. The molecule has 2 fully saturated rings. The van der Waals surface area contributed by atoms with Crippen LogP contribution in [0.3, 0.4) is 0 Å². The zero-order chi connectivity index (χ0) is 6.97. The smallest absolute Gasteiger partial charge is 0.0710 e. The van der Waals surface area contributed by atoms with Gasteiger partial charge in [-0.05, 0) is 37.0 Å². The van der Waals surface area contributed by atoms with Crippen molar-refractivity contribution in [1.82, 2.24) is 0 Å². The lowest BCUT2D eigenvalue weighted by molar-refractivity contribution is 0.0796. The minimum Gasteiger partial charge on any atom is -0.304 e. The molecule has 0 aliphatic heterocycles. The SMILES string of the molecule is Cl.NOCC1CC2CCC1C2. The summed E-state index contributed by atoms with van der Waals surface area (Å²) < 4.78 is 0. The zero-order valence-electron chi connectivity index (χ0n) is 6.66. The number of fused-ring (bicyclic) bond motifs is 2. The van der Waals surface area contributed by atoms with Gasteiger partial charge in [-0.15, -0.1) is 12.4 Å². The highest BCUT2D eigenvalue weighted by Crippen LogP contribution is 2.48. The van der Waals surface area contributed by atoms with Crippen molar-refractivity contribution >= 4 is 12.4 Å². The molecule has 0 aromatic rings. The van der Waals surface area contributed by atoms with Crippen molar-refractivity contribution in [3.8, 4) is 0 Å². The van der Waals surface area contributed by atoms with Crippen LogP contribution in [0.4, 0.5) is 0 Å². The van der Waals surface area contributed by atoms with Crippen molar-refractivity contribution in [1.29, 1.82) is 0 Å². The van der Waals surface area contributed by atoms with Crippen molar-refractivity contribution in [2.75, 3.05) is 6.61 Å². The van der Waals surface area contributed by atoms with Gasteiger partial charge in [-0.25, -0.2) is 5.90 Å². The van der Waals surface area contributed by atoms with Crippen LogP contribution in [0, 0.1) is 17.8 Å². The van der Waals surface area contributed by atoms with Crippen molar-refractivity contribution in [3.63, 3.8) is 0 Å². The summed E-state index contributed by atoms with van der Waals surface area (Å²) in [6.07, 6.45) is 5.72. The Morgan fingerprint density at radius 1 is 1.27 bits per heavy atom. The van der Waals surface area contributed by atoms with E-state index in [4.69, 9.17) is 5.90 Å². The van der Waals surface area contributed by atoms with E-state index in [0.717, 1.165) is 24.4 Å². The minimum atomic E-state index is 0. The molecule has 3 heteroatoms. The number of halogens is 1. The molecule has 11 heavy (non-hydrogen) atoms. The Hall–Kier alpha value is 0.210. The Bertz CT molecular complexity index is 131. The van der Waals surface area contributed by atoms with E-state index in [-0.39, 0.29) is 12.4 Å². The third-order valence-corrected chi connectivity index (χ3v) is 3.19. The summed E-state index contributed by atoms with van der Waals surface area (Å²) in [6, 6.07) is 0. The average Bonchev–Trinajstić information content (AvgIpc) is 2.48. The van der Waals surface area contributed by atoms with Gasteiger partial charge in [-0.1, -0.05) is 6.42 Å². The quantitative estimate of drug-likeness (QED) is 0.653. The fourth-order valence-corrected chi connectivity index (χ4v) is 2.70. The maximum Gasteiger partial charge on any atom is 0.0710 e. The zero-order valence-corrected chi connectivity index (χ0v) is 7.48. The molecule has 0 spiro atoms. The van der Waals surface area contributed by atoms with Gasteiger partial charge in [0.15, 0.2) is 0 Å². The van der Waals surface area contributed by atoms with E-state index in [9.17, 15) is 0 Å². The molecule has 0 amide bonds. The van der Waals surface area contributed by atoms with E-state index in [0.29, 0.717) is 0 Å². The molecule has 0 saturated heterocycles. The molecule has 2 aliphatic rings. The second-order valence-electron chi connectivity index (χ2n) is 3.77. The largest absolute Gasteiger partial charge is 0.304 e. The average molecular weight is 178 g/mol. The molecule has 2 rings (SSSR count). The lowest BCUT2D eigenvalue weighted by Gasteiger charge is -2.19. The highest BCUT2D eigenvalue weighted by atomic mass is 35.5.